The summed E-state index contributed by atoms with van der Waals surface area (Å²) in [5.41, 5.74) is 3.07. The molecule has 23 heavy (non-hydrogen) atoms. The van der Waals surface area contributed by atoms with Crippen molar-refractivity contribution in [1.82, 2.24) is 15.5 Å². The highest BCUT2D eigenvalue weighted by Gasteiger charge is 2.12. The summed E-state index contributed by atoms with van der Waals surface area (Å²) in [6, 6.07) is 6.08. The molecule has 0 saturated heterocycles. The first-order valence-corrected chi connectivity index (χ1v) is 7.58. The van der Waals surface area contributed by atoms with Crippen molar-refractivity contribution in [3.63, 3.8) is 0 Å². The van der Waals surface area contributed by atoms with Gasteiger partial charge in [-0.25, -0.2) is 0 Å². The zero-order valence-electron chi connectivity index (χ0n) is 14.0. The maximum absolute atomic E-state index is 12.2. The van der Waals surface area contributed by atoms with E-state index in [1.54, 1.807) is 0 Å². The molecule has 126 valence electrons. The predicted molar refractivity (Wildman–Crippen MR) is 92.3 cm³/mol. The summed E-state index contributed by atoms with van der Waals surface area (Å²) in [5.74, 6) is 1.30. The number of benzene rings is 1. The topological polar surface area (TPSA) is 68.0 Å². The lowest BCUT2D eigenvalue weighted by molar-refractivity contribution is 0.0979. The third-order valence-corrected chi connectivity index (χ3v) is 3.89. The number of nitrogens with one attached hydrogen (secondary N) is 1. The van der Waals surface area contributed by atoms with Crippen molar-refractivity contribution >= 4 is 18.2 Å². The van der Waals surface area contributed by atoms with Gasteiger partial charge in [-0.2, -0.15) is 4.98 Å². The molecule has 0 amide bonds. The molecule has 0 spiro atoms. The van der Waals surface area contributed by atoms with E-state index in [2.05, 4.69) is 22.4 Å². The SMILES string of the molecule is CNC(C)Cc1noc(CCC(=O)c2ccc(C)c(C)c2)n1.Cl. The fourth-order valence-electron chi connectivity index (χ4n) is 2.13. The maximum atomic E-state index is 12.2. The van der Waals surface area contributed by atoms with Gasteiger partial charge in [0.25, 0.3) is 0 Å². The van der Waals surface area contributed by atoms with Crippen molar-refractivity contribution in [2.45, 2.75) is 46.1 Å². The molecule has 0 radical (unpaired) electrons. The van der Waals surface area contributed by atoms with E-state index in [1.165, 1.54) is 5.56 Å². The van der Waals surface area contributed by atoms with E-state index < -0.39 is 0 Å². The lowest BCUT2D eigenvalue weighted by Gasteiger charge is -2.04. The quantitative estimate of drug-likeness (QED) is 0.786. The molecule has 0 aliphatic heterocycles. The van der Waals surface area contributed by atoms with E-state index in [0.717, 1.165) is 11.1 Å². The lowest BCUT2D eigenvalue weighted by Crippen LogP contribution is -2.24. The molecule has 6 heteroatoms. The molecular weight excluding hydrogens is 314 g/mol. The first kappa shape index (κ1) is 19.3. The third kappa shape index (κ3) is 5.44. The summed E-state index contributed by atoms with van der Waals surface area (Å²) >= 11 is 0. The Labute approximate surface area is 143 Å². The maximum Gasteiger partial charge on any atom is 0.227 e. The summed E-state index contributed by atoms with van der Waals surface area (Å²) in [6.45, 7) is 6.11. The largest absolute Gasteiger partial charge is 0.339 e. The van der Waals surface area contributed by atoms with Gasteiger partial charge < -0.3 is 9.84 Å². The van der Waals surface area contributed by atoms with Crippen molar-refractivity contribution in [2.75, 3.05) is 7.05 Å². The first-order chi connectivity index (χ1) is 10.5. The van der Waals surface area contributed by atoms with Crippen molar-refractivity contribution in [2.24, 2.45) is 0 Å². The highest BCUT2D eigenvalue weighted by Crippen LogP contribution is 2.13. The number of nitrogens with zero attached hydrogens (tertiary/aromatic N) is 2. The average Bonchev–Trinajstić information content (AvgIpc) is 2.95. The Morgan fingerprint density at radius 1 is 1.30 bits per heavy atom. The minimum atomic E-state index is 0. The Morgan fingerprint density at radius 2 is 2.04 bits per heavy atom. The molecule has 2 aromatic rings. The van der Waals surface area contributed by atoms with Crippen molar-refractivity contribution in [3.05, 3.63) is 46.6 Å². The Morgan fingerprint density at radius 3 is 2.70 bits per heavy atom. The molecule has 1 atom stereocenters. The van der Waals surface area contributed by atoms with E-state index >= 15 is 0 Å². The van der Waals surface area contributed by atoms with Gasteiger partial charge in [-0.05, 0) is 45.0 Å². The summed E-state index contributed by atoms with van der Waals surface area (Å²) in [7, 11) is 1.90. The molecule has 1 aromatic carbocycles. The molecule has 0 fully saturated rings. The number of ketones is 1. The Hall–Kier alpha value is -1.72. The zero-order valence-corrected chi connectivity index (χ0v) is 14.9. The number of Topliss-reactive ketones (excluding diaryl/α,β-unsaturated/α-hetero) is 1. The molecule has 0 aliphatic carbocycles. The zero-order chi connectivity index (χ0) is 16.1. The van der Waals surface area contributed by atoms with E-state index in [4.69, 9.17) is 4.52 Å². The number of halogens is 1. The standard InChI is InChI=1S/C17H23N3O2.ClH/c1-11-5-6-14(9-12(11)2)15(21)7-8-17-19-16(20-22-17)10-13(3)18-4;/h5-6,9,13,18H,7-8,10H2,1-4H3;1H. The minimum Gasteiger partial charge on any atom is -0.339 e. The first-order valence-electron chi connectivity index (χ1n) is 7.58. The molecule has 0 aliphatic rings. The lowest BCUT2D eigenvalue weighted by atomic mass is 10.0. The van der Waals surface area contributed by atoms with Crippen molar-refractivity contribution < 1.29 is 9.32 Å². The third-order valence-electron chi connectivity index (χ3n) is 3.89. The van der Waals surface area contributed by atoms with Crippen LogP contribution in [0.2, 0.25) is 0 Å². The van der Waals surface area contributed by atoms with Crippen LogP contribution in [0.1, 0.15) is 46.5 Å². The van der Waals surface area contributed by atoms with E-state index in [0.29, 0.717) is 37.0 Å². The van der Waals surface area contributed by atoms with Gasteiger partial charge in [0.2, 0.25) is 5.89 Å². The van der Waals surface area contributed by atoms with Crippen LogP contribution in [0, 0.1) is 13.8 Å². The van der Waals surface area contributed by atoms with Crippen LogP contribution >= 0.6 is 12.4 Å². The summed E-state index contributed by atoms with van der Waals surface area (Å²) < 4.78 is 5.20. The monoisotopic (exact) mass is 337 g/mol. The molecule has 0 saturated carbocycles. The second kappa shape index (κ2) is 8.79. The van der Waals surface area contributed by atoms with Crippen LogP contribution in [-0.4, -0.2) is 29.0 Å². The fraction of sp³-hybridized carbons (Fsp3) is 0.471. The fourth-order valence-corrected chi connectivity index (χ4v) is 2.13. The number of aryl methyl sites for hydroxylation is 3. The molecule has 0 bridgehead atoms. The van der Waals surface area contributed by atoms with E-state index in [-0.39, 0.29) is 18.2 Å². The van der Waals surface area contributed by atoms with Gasteiger partial charge in [0, 0.05) is 30.9 Å². The normalized spacial score (nSPS) is 11.8. The number of carbonyl (C=O) groups is 1. The molecule has 5 nitrogen and oxygen atoms in total. The van der Waals surface area contributed by atoms with Gasteiger partial charge in [-0.1, -0.05) is 17.3 Å². The van der Waals surface area contributed by atoms with Crippen LogP contribution in [-0.2, 0) is 12.8 Å². The number of hydrogen-bond acceptors (Lipinski definition) is 5. The van der Waals surface area contributed by atoms with Crippen molar-refractivity contribution in [3.8, 4) is 0 Å². The smallest absolute Gasteiger partial charge is 0.227 e. The number of carbonyl (C=O) groups excluding carboxylic acids is 1. The molecule has 2 rings (SSSR count). The van der Waals surface area contributed by atoms with Crippen LogP contribution in [0.5, 0.6) is 0 Å². The molecule has 1 N–H and O–H groups in total. The summed E-state index contributed by atoms with van der Waals surface area (Å²) in [6.07, 6.45) is 1.57. The van der Waals surface area contributed by atoms with E-state index in [1.807, 2.05) is 39.1 Å². The van der Waals surface area contributed by atoms with Crippen LogP contribution in [0.25, 0.3) is 0 Å². The number of likely N-dealkylation sites (N-methyl/N-ethyl adjacent to an activating group) is 1. The Kier molecular flexibility index (Phi) is 7.39. The van der Waals surface area contributed by atoms with Gasteiger partial charge in [0.1, 0.15) is 0 Å². The highest BCUT2D eigenvalue weighted by atomic mass is 35.5. The number of rotatable bonds is 7. The van der Waals surface area contributed by atoms with Crippen LogP contribution in [0.15, 0.2) is 22.7 Å². The second-order valence-electron chi connectivity index (χ2n) is 5.72. The van der Waals surface area contributed by atoms with Crippen LogP contribution in [0.3, 0.4) is 0 Å². The Balaban J connectivity index is 0.00000264. The van der Waals surface area contributed by atoms with Gasteiger partial charge >= 0.3 is 0 Å². The number of hydrogen-bond donors (Lipinski definition) is 1. The second-order valence-corrected chi connectivity index (χ2v) is 5.72. The van der Waals surface area contributed by atoms with Gasteiger partial charge in [-0.3, -0.25) is 4.79 Å². The minimum absolute atomic E-state index is 0. The molecule has 1 heterocycles. The summed E-state index contributed by atoms with van der Waals surface area (Å²) in [4.78, 5) is 16.5. The molecule has 1 aromatic heterocycles. The Bertz CT molecular complexity index is 655. The van der Waals surface area contributed by atoms with Crippen molar-refractivity contribution in [1.29, 1.82) is 0 Å². The van der Waals surface area contributed by atoms with Crippen LogP contribution < -0.4 is 5.32 Å². The number of aromatic nitrogens is 2. The molecular formula is C17H24ClN3O2. The highest BCUT2D eigenvalue weighted by molar-refractivity contribution is 5.96. The average molecular weight is 338 g/mol. The summed E-state index contributed by atoms with van der Waals surface area (Å²) in [5, 5.41) is 7.07. The van der Waals surface area contributed by atoms with Gasteiger partial charge in [-0.15, -0.1) is 12.4 Å². The molecule has 1 unspecified atom stereocenters. The van der Waals surface area contributed by atoms with Crippen LogP contribution in [0.4, 0.5) is 0 Å². The van der Waals surface area contributed by atoms with Gasteiger partial charge in [0.15, 0.2) is 11.6 Å². The van der Waals surface area contributed by atoms with E-state index in [9.17, 15) is 4.79 Å². The predicted octanol–water partition coefficient (Wildman–Crippen LogP) is 3.07. The van der Waals surface area contributed by atoms with Gasteiger partial charge in [0.05, 0.1) is 0 Å².